The molecule has 0 unspecified atom stereocenters. The SMILES string of the molecule is Cc1nc(CNCCC2CCC(C)CC2)sc1C. The maximum Gasteiger partial charge on any atom is 0.107 e. The highest BCUT2D eigenvalue weighted by atomic mass is 32.1. The quantitative estimate of drug-likeness (QED) is 0.813. The number of thiazole rings is 1. The van der Waals surface area contributed by atoms with Gasteiger partial charge in [-0.05, 0) is 38.6 Å². The van der Waals surface area contributed by atoms with E-state index in [2.05, 4.69) is 31.1 Å². The van der Waals surface area contributed by atoms with Gasteiger partial charge in [0.05, 0.1) is 5.69 Å². The van der Waals surface area contributed by atoms with Crippen LogP contribution in [0, 0.1) is 25.7 Å². The van der Waals surface area contributed by atoms with E-state index in [1.54, 1.807) is 0 Å². The molecule has 102 valence electrons. The van der Waals surface area contributed by atoms with Crippen molar-refractivity contribution >= 4 is 11.3 Å². The summed E-state index contributed by atoms with van der Waals surface area (Å²) >= 11 is 1.83. The molecule has 0 atom stereocenters. The van der Waals surface area contributed by atoms with E-state index in [0.29, 0.717) is 0 Å². The fourth-order valence-electron chi connectivity index (χ4n) is 2.73. The number of hydrogen-bond donors (Lipinski definition) is 1. The van der Waals surface area contributed by atoms with Crippen LogP contribution < -0.4 is 5.32 Å². The van der Waals surface area contributed by atoms with Gasteiger partial charge in [0.15, 0.2) is 0 Å². The van der Waals surface area contributed by atoms with Crippen LogP contribution in [0.3, 0.4) is 0 Å². The van der Waals surface area contributed by atoms with Crippen molar-refractivity contribution in [2.24, 2.45) is 11.8 Å². The molecule has 0 aliphatic heterocycles. The van der Waals surface area contributed by atoms with E-state index in [1.165, 1.54) is 47.7 Å². The van der Waals surface area contributed by atoms with E-state index in [9.17, 15) is 0 Å². The van der Waals surface area contributed by atoms with E-state index in [1.807, 2.05) is 11.3 Å². The molecule has 0 aromatic carbocycles. The van der Waals surface area contributed by atoms with Crippen molar-refractivity contribution in [1.29, 1.82) is 0 Å². The molecule has 1 aliphatic rings. The minimum Gasteiger partial charge on any atom is -0.310 e. The van der Waals surface area contributed by atoms with Gasteiger partial charge in [0, 0.05) is 11.4 Å². The Labute approximate surface area is 115 Å². The summed E-state index contributed by atoms with van der Waals surface area (Å²) in [6.45, 7) is 8.74. The zero-order valence-corrected chi connectivity index (χ0v) is 12.8. The van der Waals surface area contributed by atoms with E-state index < -0.39 is 0 Å². The molecule has 1 fully saturated rings. The van der Waals surface area contributed by atoms with Crippen molar-refractivity contribution < 1.29 is 0 Å². The van der Waals surface area contributed by atoms with Crippen LogP contribution in [0.25, 0.3) is 0 Å². The molecule has 2 nitrogen and oxygen atoms in total. The standard InChI is InChI=1S/C15H26N2S/c1-11-4-6-14(7-5-11)8-9-16-10-15-17-12(2)13(3)18-15/h11,14,16H,4-10H2,1-3H3. The van der Waals surface area contributed by atoms with Crippen LogP contribution in [-0.2, 0) is 6.54 Å². The minimum absolute atomic E-state index is 0.947. The Morgan fingerprint density at radius 2 is 1.94 bits per heavy atom. The van der Waals surface area contributed by atoms with Crippen molar-refractivity contribution in [2.75, 3.05) is 6.54 Å². The Morgan fingerprint density at radius 1 is 1.22 bits per heavy atom. The molecule has 1 aromatic rings. The van der Waals surface area contributed by atoms with Crippen LogP contribution in [0.2, 0.25) is 0 Å². The normalized spacial score (nSPS) is 24.4. The third-order valence-electron chi connectivity index (χ3n) is 4.21. The molecule has 2 rings (SSSR count). The first-order chi connectivity index (χ1) is 8.65. The zero-order chi connectivity index (χ0) is 13.0. The largest absolute Gasteiger partial charge is 0.310 e. The van der Waals surface area contributed by atoms with Gasteiger partial charge >= 0.3 is 0 Å². The third kappa shape index (κ3) is 4.06. The van der Waals surface area contributed by atoms with Crippen LogP contribution in [0.1, 0.15) is 54.6 Å². The maximum absolute atomic E-state index is 4.56. The fourth-order valence-corrected chi connectivity index (χ4v) is 3.64. The summed E-state index contributed by atoms with van der Waals surface area (Å²) in [5, 5.41) is 4.79. The molecule has 1 aliphatic carbocycles. The van der Waals surface area contributed by atoms with E-state index in [4.69, 9.17) is 0 Å². The first kappa shape index (κ1) is 14.0. The number of nitrogens with one attached hydrogen (secondary N) is 1. The van der Waals surface area contributed by atoms with Gasteiger partial charge in [-0.3, -0.25) is 0 Å². The molecule has 0 amide bonds. The second-order valence-corrected chi connectivity index (χ2v) is 7.13. The molecule has 1 aromatic heterocycles. The molecule has 1 N–H and O–H groups in total. The molecule has 0 radical (unpaired) electrons. The molecule has 0 bridgehead atoms. The number of nitrogens with zero attached hydrogens (tertiary/aromatic N) is 1. The lowest BCUT2D eigenvalue weighted by molar-refractivity contribution is 0.275. The smallest absolute Gasteiger partial charge is 0.107 e. The van der Waals surface area contributed by atoms with Gasteiger partial charge in [0.2, 0.25) is 0 Å². The average molecular weight is 266 g/mol. The predicted octanol–water partition coefficient (Wildman–Crippen LogP) is 4.07. The predicted molar refractivity (Wildman–Crippen MR) is 79.0 cm³/mol. The van der Waals surface area contributed by atoms with Crippen LogP contribution in [0.4, 0.5) is 0 Å². The average Bonchev–Trinajstić information content (AvgIpc) is 2.67. The van der Waals surface area contributed by atoms with Crippen molar-refractivity contribution in [3.05, 3.63) is 15.6 Å². The molecular weight excluding hydrogens is 240 g/mol. The summed E-state index contributed by atoms with van der Waals surface area (Å²) in [5.74, 6) is 1.93. The van der Waals surface area contributed by atoms with Crippen molar-refractivity contribution in [3.8, 4) is 0 Å². The molecule has 0 saturated heterocycles. The number of hydrogen-bond acceptors (Lipinski definition) is 3. The number of rotatable bonds is 5. The molecule has 0 spiro atoms. The second kappa shape index (κ2) is 6.67. The zero-order valence-electron chi connectivity index (χ0n) is 12.0. The highest BCUT2D eigenvalue weighted by Gasteiger charge is 2.17. The van der Waals surface area contributed by atoms with Crippen molar-refractivity contribution in [2.45, 2.75) is 59.4 Å². The van der Waals surface area contributed by atoms with Crippen LogP contribution >= 0.6 is 11.3 Å². The van der Waals surface area contributed by atoms with Gasteiger partial charge in [-0.1, -0.05) is 32.6 Å². The minimum atomic E-state index is 0.947. The monoisotopic (exact) mass is 266 g/mol. The Hall–Kier alpha value is -0.410. The van der Waals surface area contributed by atoms with Gasteiger partial charge in [0.25, 0.3) is 0 Å². The topological polar surface area (TPSA) is 24.9 Å². The Kier molecular flexibility index (Phi) is 5.19. The summed E-state index contributed by atoms with van der Waals surface area (Å²) in [7, 11) is 0. The lowest BCUT2D eigenvalue weighted by Gasteiger charge is -2.26. The molecule has 1 saturated carbocycles. The first-order valence-electron chi connectivity index (χ1n) is 7.28. The van der Waals surface area contributed by atoms with Gasteiger partial charge in [0.1, 0.15) is 5.01 Å². The van der Waals surface area contributed by atoms with E-state index >= 15 is 0 Å². The maximum atomic E-state index is 4.56. The second-order valence-electron chi connectivity index (χ2n) is 5.84. The third-order valence-corrected chi connectivity index (χ3v) is 5.29. The van der Waals surface area contributed by atoms with Gasteiger partial charge in [-0.2, -0.15) is 0 Å². The van der Waals surface area contributed by atoms with Crippen LogP contribution in [0.15, 0.2) is 0 Å². The lowest BCUT2D eigenvalue weighted by Crippen LogP contribution is -2.20. The molecule has 3 heteroatoms. The summed E-state index contributed by atoms with van der Waals surface area (Å²) in [5.41, 5.74) is 1.19. The van der Waals surface area contributed by atoms with Gasteiger partial charge in [-0.15, -0.1) is 11.3 Å². The summed E-state index contributed by atoms with van der Waals surface area (Å²) in [4.78, 5) is 5.92. The highest BCUT2D eigenvalue weighted by Crippen LogP contribution is 2.29. The van der Waals surface area contributed by atoms with Crippen molar-refractivity contribution in [3.63, 3.8) is 0 Å². The Morgan fingerprint density at radius 3 is 2.56 bits per heavy atom. The summed E-state index contributed by atoms with van der Waals surface area (Å²) in [6.07, 6.45) is 7.11. The fraction of sp³-hybridized carbons (Fsp3) is 0.800. The molecule has 18 heavy (non-hydrogen) atoms. The molecular formula is C15H26N2S. The number of aromatic nitrogens is 1. The summed E-state index contributed by atoms with van der Waals surface area (Å²) in [6, 6.07) is 0. The highest BCUT2D eigenvalue weighted by molar-refractivity contribution is 7.11. The van der Waals surface area contributed by atoms with Crippen LogP contribution in [0.5, 0.6) is 0 Å². The Bertz CT molecular complexity index is 345. The lowest BCUT2D eigenvalue weighted by atomic mass is 9.81. The number of aryl methyl sites for hydroxylation is 2. The molecule has 1 heterocycles. The van der Waals surface area contributed by atoms with Gasteiger partial charge < -0.3 is 5.32 Å². The first-order valence-corrected chi connectivity index (χ1v) is 8.10. The van der Waals surface area contributed by atoms with E-state index in [0.717, 1.165) is 24.9 Å². The van der Waals surface area contributed by atoms with E-state index in [-0.39, 0.29) is 0 Å². The summed E-state index contributed by atoms with van der Waals surface area (Å²) < 4.78 is 0. The van der Waals surface area contributed by atoms with Crippen molar-refractivity contribution in [1.82, 2.24) is 10.3 Å². The van der Waals surface area contributed by atoms with Crippen LogP contribution in [-0.4, -0.2) is 11.5 Å². The Balaban J connectivity index is 1.61. The van der Waals surface area contributed by atoms with Gasteiger partial charge in [-0.25, -0.2) is 4.98 Å².